The number of benzene rings is 1. The van der Waals surface area contributed by atoms with Gasteiger partial charge < -0.3 is 4.90 Å². The van der Waals surface area contributed by atoms with E-state index in [0.29, 0.717) is 0 Å². The van der Waals surface area contributed by atoms with Gasteiger partial charge in [-0.2, -0.15) is 0 Å². The zero-order valence-corrected chi connectivity index (χ0v) is 17.3. The van der Waals surface area contributed by atoms with Crippen molar-refractivity contribution in [3.05, 3.63) is 70.5 Å². The fourth-order valence-electron chi connectivity index (χ4n) is 3.88. The summed E-state index contributed by atoms with van der Waals surface area (Å²) in [4.78, 5) is 22.0. The van der Waals surface area contributed by atoms with E-state index in [-0.39, 0.29) is 5.91 Å². The molecule has 0 N–H and O–H groups in total. The molecule has 0 unspecified atom stereocenters. The standard InChI is InChI=1S/C22H26N4OS/c1-17-16-20(18(2)26(17)22-23-9-15-28-22)21(27)25-13-11-24(12-14-25)10-8-19-6-4-3-5-7-19/h3-7,9,15-16H,8,10-14H2,1-2H3. The Labute approximate surface area is 170 Å². The van der Waals surface area contributed by atoms with E-state index >= 15 is 0 Å². The maximum Gasteiger partial charge on any atom is 0.255 e. The largest absolute Gasteiger partial charge is 0.336 e. The fourth-order valence-corrected chi connectivity index (χ4v) is 4.63. The Morgan fingerprint density at radius 3 is 2.54 bits per heavy atom. The highest BCUT2D eigenvalue weighted by Crippen LogP contribution is 2.23. The van der Waals surface area contributed by atoms with Crippen molar-refractivity contribution in [3.63, 3.8) is 0 Å². The van der Waals surface area contributed by atoms with Crippen molar-refractivity contribution in [2.45, 2.75) is 20.3 Å². The molecular formula is C22H26N4OS. The number of carbonyl (C=O) groups is 1. The predicted octanol–water partition coefficient (Wildman–Crippen LogP) is 3.55. The van der Waals surface area contributed by atoms with Crippen molar-refractivity contribution in [1.82, 2.24) is 19.4 Å². The molecule has 1 fully saturated rings. The third-order valence-electron chi connectivity index (χ3n) is 5.49. The van der Waals surface area contributed by atoms with Crippen LogP contribution in [0.15, 0.2) is 48.0 Å². The molecule has 6 heteroatoms. The molecule has 0 radical (unpaired) electrons. The van der Waals surface area contributed by atoms with Crippen LogP contribution in [0, 0.1) is 13.8 Å². The molecule has 0 aliphatic carbocycles. The first kappa shape index (κ1) is 18.9. The Balaban J connectivity index is 1.37. The number of rotatable bonds is 5. The average Bonchev–Trinajstić information content (AvgIpc) is 3.34. The third kappa shape index (κ3) is 3.88. The average molecular weight is 395 g/mol. The van der Waals surface area contributed by atoms with E-state index in [9.17, 15) is 4.79 Å². The zero-order chi connectivity index (χ0) is 19.5. The minimum Gasteiger partial charge on any atom is -0.336 e. The van der Waals surface area contributed by atoms with Crippen LogP contribution in [0.1, 0.15) is 27.3 Å². The van der Waals surface area contributed by atoms with Crippen molar-refractivity contribution in [1.29, 1.82) is 0 Å². The number of aromatic nitrogens is 2. The highest BCUT2D eigenvalue weighted by Gasteiger charge is 2.25. The van der Waals surface area contributed by atoms with Gasteiger partial charge in [0.15, 0.2) is 5.13 Å². The van der Waals surface area contributed by atoms with Gasteiger partial charge in [-0.15, -0.1) is 11.3 Å². The molecule has 5 nitrogen and oxygen atoms in total. The maximum atomic E-state index is 13.1. The molecular weight excluding hydrogens is 368 g/mol. The molecule has 146 valence electrons. The molecule has 3 aromatic rings. The molecule has 0 spiro atoms. The molecule has 28 heavy (non-hydrogen) atoms. The lowest BCUT2D eigenvalue weighted by molar-refractivity contribution is 0.0638. The molecule has 0 atom stereocenters. The zero-order valence-electron chi connectivity index (χ0n) is 16.5. The molecule has 2 aromatic heterocycles. The first-order valence-corrected chi connectivity index (χ1v) is 10.7. The van der Waals surface area contributed by atoms with E-state index < -0.39 is 0 Å². The summed E-state index contributed by atoms with van der Waals surface area (Å²) in [6, 6.07) is 12.6. The van der Waals surface area contributed by atoms with Gasteiger partial charge in [0.25, 0.3) is 5.91 Å². The number of piperazine rings is 1. The molecule has 0 bridgehead atoms. The lowest BCUT2D eigenvalue weighted by Gasteiger charge is -2.34. The van der Waals surface area contributed by atoms with Crippen LogP contribution in [0.3, 0.4) is 0 Å². The topological polar surface area (TPSA) is 41.4 Å². The van der Waals surface area contributed by atoms with Crippen LogP contribution in [0.4, 0.5) is 0 Å². The summed E-state index contributed by atoms with van der Waals surface area (Å²) in [5, 5.41) is 2.88. The summed E-state index contributed by atoms with van der Waals surface area (Å²) in [7, 11) is 0. The molecule has 1 aliphatic rings. The van der Waals surface area contributed by atoms with Crippen LogP contribution in [-0.2, 0) is 6.42 Å². The molecule has 1 amide bonds. The normalized spacial score (nSPS) is 15.1. The van der Waals surface area contributed by atoms with Gasteiger partial charge in [-0.25, -0.2) is 4.98 Å². The van der Waals surface area contributed by atoms with Crippen molar-refractivity contribution in [2.24, 2.45) is 0 Å². The summed E-state index contributed by atoms with van der Waals surface area (Å²) in [6.45, 7) is 8.53. The van der Waals surface area contributed by atoms with Crippen molar-refractivity contribution < 1.29 is 4.79 Å². The summed E-state index contributed by atoms with van der Waals surface area (Å²) < 4.78 is 2.08. The number of hydrogen-bond donors (Lipinski definition) is 0. The van der Waals surface area contributed by atoms with Crippen LogP contribution >= 0.6 is 11.3 Å². The lowest BCUT2D eigenvalue weighted by atomic mass is 10.1. The molecule has 1 aromatic carbocycles. The molecule has 4 rings (SSSR count). The quantitative estimate of drug-likeness (QED) is 0.665. The van der Waals surface area contributed by atoms with Gasteiger partial charge in [-0.1, -0.05) is 30.3 Å². The van der Waals surface area contributed by atoms with Gasteiger partial charge in [0.2, 0.25) is 0 Å². The van der Waals surface area contributed by atoms with Crippen LogP contribution < -0.4 is 0 Å². The lowest BCUT2D eigenvalue weighted by Crippen LogP contribution is -2.49. The predicted molar refractivity (Wildman–Crippen MR) is 113 cm³/mol. The second-order valence-electron chi connectivity index (χ2n) is 7.30. The van der Waals surface area contributed by atoms with Crippen LogP contribution in [-0.4, -0.2) is 58.0 Å². The molecule has 3 heterocycles. The van der Waals surface area contributed by atoms with Crippen molar-refractivity contribution in [3.8, 4) is 5.13 Å². The summed E-state index contributed by atoms with van der Waals surface area (Å²) in [6.07, 6.45) is 2.86. The Morgan fingerprint density at radius 2 is 1.86 bits per heavy atom. The number of hydrogen-bond acceptors (Lipinski definition) is 4. The summed E-state index contributed by atoms with van der Waals surface area (Å²) in [5.74, 6) is 0.138. The van der Waals surface area contributed by atoms with Gasteiger partial charge in [0, 0.05) is 55.7 Å². The van der Waals surface area contributed by atoms with E-state index in [4.69, 9.17) is 0 Å². The first-order chi connectivity index (χ1) is 13.6. The number of nitrogens with zero attached hydrogens (tertiary/aromatic N) is 4. The minimum atomic E-state index is 0.138. The Hall–Kier alpha value is -2.44. The smallest absolute Gasteiger partial charge is 0.255 e. The number of aryl methyl sites for hydroxylation is 1. The van der Waals surface area contributed by atoms with Crippen LogP contribution in [0.2, 0.25) is 0 Å². The summed E-state index contributed by atoms with van der Waals surface area (Å²) >= 11 is 1.59. The van der Waals surface area contributed by atoms with E-state index in [1.807, 2.05) is 30.2 Å². The highest BCUT2D eigenvalue weighted by molar-refractivity contribution is 7.12. The van der Waals surface area contributed by atoms with Crippen molar-refractivity contribution in [2.75, 3.05) is 32.7 Å². The van der Waals surface area contributed by atoms with Gasteiger partial charge in [0.05, 0.1) is 5.56 Å². The van der Waals surface area contributed by atoms with Crippen LogP contribution in [0.25, 0.3) is 5.13 Å². The van der Waals surface area contributed by atoms with E-state index in [2.05, 4.69) is 44.8 Å². The molecule has 0 saturated carbocycles. The fraction of sp³-hybridized carbons (Fsp3) is 0.364. The number of carbonyl (C=O) groups excluding carboxylic acids is 1. The van der Waals surface area contributed by atoms with Crippen molar-refractivity contribution >= 4 is 17.2 Å². The van der Waals surface area contributed by atoms with Crippen LogP contribution in [0.5, 0.6) is 0 Å². The van der Waals surface area contributed by atoms with Gasteiger partial charge >= 0.3 is 0 Å². The van der Waals surface area contributed by atoms with Gasteiger partial charge in [-0.3, -0.25) is 14.3 Å². The molecule has 1 saturated heterocycles. The monoisotopic (exact) mass is 394 g/mol. The minimum absolute atomic E-state index is 0.138. The van der Waals surface area contributed by atoms with E-state index in [0.717, 1.165) is 61.2 Å². The first-order valence-electron chi connectivity index (χ1n) is 9.78. The SMILES string of the molecule is Cc1cc(C(=O)N2CCN(CCc3ccccc3)CC2)c(C)n1-c1nccs1. The third-order valence-corrected chi connectivity index (χ3v) is 6.25. The Morgan fingerprint density at radius 1 is 1.11 bits per heavy atom. The second kappa shape index (κ2) is 8.29. The molecule has 1 aliphatic heterocycles. The number of thiazole rings is 1. The highest BCUT2D eigenvalue weighted by atomic mass is 32.1. The Kier molecular flexibility index (Phi) is 5.59. The maximum absolute atomic E-state index is 13.1. The Bertz CT molecular complexity index is 925. The number of amides is 1. The van der Waals surface area contributed by atoms with Gasteiger partial charge in [-0.05, 0) is 31.9 Å². The summed E-state index contributed by atoms with van der Waals surface area (Å²) in [5.41, 5.74) is 4.20. The van der Waals surface area contributed by atoms with E-state index in [1.165, 1.54) is 5.56 Å². The second-order valence-corrected chi connectivity index (χ2v) is 8.18. The van der Waals surface area contributed by atoms with Gasteiger partial charge in [0.1, 0.15) is 0 Å². The van der Waals surface area contributed by atoms with E-state index in [1.54, 1.807) is 17.5 Å².